The van der Waals surface area contributed by atoms with Gasteiger partial charge in [0.05, 0.1) is 0 Å². The predicted octanol–water partition coefficient (Wildman–Crippen LogP) is 3.77. The third-order valence-electron chi connectivity index (χ3n) is 1.70. The standard InChI is InChI=1S/C10H14ClNS/c1-2-3-6-13-8-9-4-5-10(11)12-7-9/h4-5,7H,2-3,6,8H2,1H3. The zero-order chi connectivity index (χ0) is 9.52. The topological polar surface area (TPSA) is 12.9 Å². The first-order valence-corrected chi connectivity index (χ1v) is 6.04. The molecule has 1 rings (SSSR count). The van der Waals surface area contributed by atoms with E-state index in [2.05, 4.69) is 11.9 Å². The summed E-state index contributed by atoms with van der Waals surface area (Å²) in [6.45, 7) is 2.21. The van der Waals surface area contributed by atoms with Crippen LogP contribution in [-0.4, -0.2) is 10.7 Å². The van der Waals surface area contributed by atoms with Gasteiger partial charge in [-0.15, -0.1) is 0 Å². The molecule has 1 nitrogen and oxygen atoms in total. The first-order chi connectivity index (χ1) is 6.33. The van der Waals surface area contributed by atoms with Crippen LogP contribution < -0.4 is 0 Å². The van der Waals surface area contributed by atoms with Crippen molar-refractivity contribution in [3.63, 3.8) is 0 Å². The number of pyridine rings is 1. The molecule has 0 radical (unpaired) electrons. The van der Waals surface area contributed by atoms with Crippen molar-refractivity contribution in [3.8, 4) is 0 Å². The summed E-state index contributed by atoms with van der Waals surface area (Å²) in [5.41, 5.74) is 1.26. The minimum Gasteiger partial charge on any atom is -0.244 e. The zero-order valence-corrected chi connectivity index (χ0v) is 9.37. The lowest BCUT2D eigenvalue weighted by Gasteiger charge is -2.00. The van der Waals surface area contributed by atoms with Crippen LogP contribution >= 0.6 is 23.4 Å². The monoisotopic (exact) mass is 215 g/mol. The molecular weight excluding hydrogens is 202 g/mol. The quantitative estimate of drug-likeness (QED) is 0.548. The smallest absolute Gasteiger partial charge is 0.129 e. The summed E-state index contributed by atoms with van der Waals surface area (Å²) in [5, 5.41) is 0.572. The van der Waals surface area contributed by atoms with Crippen LogP contribution in [0.5, 0.6) is 0 Å². The zero-order valence-electron chi connectivity index (χ0n) is 7.79. The number of nitrogens with zero attached hydrogens (tertiary/aromatic N) is 1. The second-order valence-corrected chi connectivity index (χ2v) is 4.39. The predicted molar refractivity (Wildman–Crippen MR) is 60.3 cm³/mol. The average Bonchev–Trinajstić information content (AvgIpc) is 2.15. The summed E-state index contributed by atoms with van der Waals surface area (Å²) in [6.07, 6.45) is 4.42. The molecule has 0 aliphatic carbocycles. The van der Waals surface area contributed by atoms with Gasteiger partial charge < -0.3 is 0 Å². The molecule has 0 saturated carbocycles. The summed E-state index contributed by atoms with van der Waals surface area (Å²) >= 11 is 7.63. The van der Waals surface area contributed by atoms with Crippen molar-refractivity contribution in [2.75, 3.05) is 5.75 Å². The summed E-state index contributed by atoms with van der Waals surface area (Å²) in [5.74, 6) is 2.28. The van der Waals surface area contributed by atoms with Crippen LogP contribution in [0.4, 0.5) is 0 Å². The lowest BCUT2D eigenvalue weighted by molar-refractivity contribution is 0.896. The van der Waals surface area contributed by atoms with Gasteiger partial charge >= 0.3 is 0 Å². The molecule has 13 heavy (non-hydrogen) atoms. The van der Waals surface area contributed by atoms with Crippen molar-refractivity contribution in [1.82, 2.24) is 4.98 Å². The summed E-state index contributed by atoms with van der Waals surface area (Å²) < 4.78 is 0. The number of halogens is 1. The second-order valence-electron chi connectivity index (χ2n) is 2.90. The highest BCUT2D eigenvalue weighted by Gasteiger charge is 1.94. The Balaban J connectivity index is 2.25. The van der Waals surface area contributed by atoms with E-state index in [1.54, 1.807) is 0 Å². The van der Waals surface area contributed by atoms with Gasteiger partial charge in [-0.05, 0) is 23.8 Å². The Labute approximate surface area is 88.9 Å². The Kier molecular flexibility index (Phi) is 5.25. The van der Waals surface area contributed by atoms with Gasteiger partial charge in [-0.2, -0.15) is 11.8 Å². The molecule has 1 aromatic rings. The van der Waals surface area contributed by atoms with Crippen molar-refractivity contribution in [2.45, 2.75) is 25.5 Å². The SMILES string of the molecule is CCCCSCc1ccc(Cl)nc1. The van der Waals surface area contributed by atoms with Crippen LogP contribution in [0.2, 0.25) is 5.15 Å². The van der Waals surface area contributed by atoms with Gasteiger partial charge in [-0.3, -0.25) is 0 Å². The van der Waals surface area contributed by atoms with E-state index in [-0.39, 0.29) is 0 Å². The Bertz CT molecular complexity index is 235. The number of rotatable bonds is 5. The second kappa shape index (κ2) is 6.28. The maximum Gasteiger partial charge on any atom is 0.129 e. The average molecular weight is 216 g/mol. The van der Waals surface area contributed by atoms with Crippen molar-refractivity contribution < 1.29 is 0 Å². The highest BCUT2D eigenvalue weighted by Crippen LogP contribution is 2.14. The molecule has 0 spiro atoms. The van der Waals surface area contributed by atoms with Gasteiger partial charge in [0, 0.05) is 11.9 Å². The number of aromatic nitrogens is 1. The summed E-state index contributed by atoms with van der Waals surface area (Å²) in [6, 6.07) is 3.88. The molecule has 1 heterocycles. The molecule has 0 bridgehead atoms. The molecule has 0 unspecified atom stereocenters. The molecule has 3 heteroatoms. The van der Waals surface area contributed by atoms with E-state index in [4.69, 9.17) is 11.6 Å². The first kappa shape index (κ1) is 10.9. The number of hydrogen-bond acceptors (Lipinski definition) is 2. The van der Waals surface area contributed by atoms with E-state index in [0.29, 0.717) is 5.15 Å². The Hall–Kier alpha value is -0.210. The minimum absolute atomic E-state index is 0.572. The fourth-order valence-corrected chi connectivity index (χ4v) is 2.08. The fourth-order valence-electron chi connectivity index (χ4n) is 0.928. The van der Waals surface area contributed by atoms with Crippen LogP contribution in [0.25, 0.3) is 0 Å². The van der Waals surface area contributed by atoms with Crippen molar-refractivity contribution in [2.24, 2.45) is 0 Å². The maximum absolute atomic E-state index is 5.68. The molecule has 0 aliphatic rings. The maximum atomic E-state index is 5.68. The molecule has 0 saturated heterocycles. The highest BCUT2D eigenvalue weighted by molar-refractivity contribution is 7.98. The fraction of sp³-hybridized carbons (Fsp3) is 0.500. The van der Waals surface area contributed by atoms with Crippen LogP contribution in [0.3, 0.4) is 0 Å². The Morgan fingerprint density at radius 2 is 2.31 bits per heavy atom. The molecule has 72 valence electrons. The van der Waals surface area contributed by atoms with E-state index >= 15 is 0 Å². The number of thioether (sulfide) groups is 1. The van der Waals surface area contributed by atoms with Gasteiger partial charge in [0.25, 0.3) is 0 Å². The lowest BCUT2D eigenvalue weighted by Crippen LogP contribution is -1.84. The molecular formula is C10H14ClNS. The van der Waals surface area contributed by atoms with E-state index in [1.807, 2.05) is 30.1 Å². The normalized spacial score (nSPS) is 10.3. The molecule has 0 aromatic carbocycles. The van der Waals surface area contributed by atoms with Gasteiger partial charge in [0.1, 0.15) is 5.15 Å². The van der Waals surface area contributed by atoms with Gasteiger partial charge in [-0.25, -0.2) is 4.98 Å². The molecule has 0 amide bonds. The van der Waals surface area contributed by atoms with Crippen LogP contribution in [0.1, 0.15) is 25.3 Å². The number of hydrogen-bond donors (Lipinski definition) is 0. The van der Waals surface area contributed by atoms with E-state index in [9.17, 15) is 0 Å². The van der Waals surface area contributed by atoms with Gasteiger partial charge in [0.2, 0.25) is 0 Å². The number of unbranched alkanes of at least 4 members (excludes halogenated alkanes) is 1. The van der Waals surface area contributed by atoms with Gasteiger partial charge in [-0.1, -0.05) is 31.0 Å². The van der Waals surface area contributed by atoms with Crippen LogP contribution in [0.15, 0.2) is 18.3 Å². The Morgan fingerprint density at radius 3 is 2.92 bits per heavy atom. The largest absolute Gasteiger partial charge is 0.244 e. The van der Waals surface area contributed by atoms with Crippen molar-refractivity contribution in [1.29, 1.82) is 0 Å². The third-order valence-corrected chi connectivity index (χ3v) is 3.04. The van der Waals surface area contributed by atoms with E-state index in [1.165, 1.54) is 24.2 Å². The van der Waals surface area contributed by atoms with Crippen molar-refractivity contribution in [3.05, 3.63) is 29.0 Å². The van der Waals surface area contributed by atoms with Crippen LogP contribution in [-0.2, 0) is 5.75 Å². The minimum atomic E-state index is 0.572. The molecule has 0 atom stereocenters. The Morgan fingerprint density at radius 1 is 1.46 bits per heavy atom. The molecule has 0 N–H and O–H groups in total. The van der Waals surface area contributed by atoms with E-state index < -0.39 is 0 Å². The van der Waals surface area contributed by atoms with E-state index in [0.717, 1.165) is 5.75 Å². The van der Waals surface area contributed by atoms with Crippen LogP contribution in [0, 0.1) is 0 Å². The molecule has 0 aliphatic heterocycles. The highest BCUT2D eigenvalue weighted by atomic mass is 35.5. The summed E-state index contributed by atoms with van der Waals surface area (Å²) in [7, 11) is 0. The van der Waals surface area contributed by atoms with Crippen molar-refractivity contribution >= 4 is 23.4 Å². The lowest BCUT2D eigenvalue weighted by atomic mass is 10.3. The first-order valence-electron chi connectivity index (χ1n) is 4.51. The van der Waals surface area contributed by atoms with Gasteiger partial charge in [0.15, 0.2) is 0 Å². The molecule has 1 aromatic heterocycles. The third kappa shape index (κ3) is 4.53. The molecule has 0 fully saturated rings. The summed E-state index contributed by atoms with van der Waals surface area (Å²) in [4.78, 5) is 4.03.